The first-order valence-corrected chi connectivity index (χ1v) is 8.53. The minimum Gasteiger partial charge on any atom is -0.461 e. The molecule has 1 aromatic carbocycles. The number of carbonyl (C=O) groups excluding carboxylic acids is 3. The van der Waals surface area contributed by atoms with E-state index in [1.807, 2.05) is 25.7 Å². The van der Waals surface area contributed by atoms with Crippen molar-refractivity contribution in [2.24, 2.45) is 17.1 Å². The summed E-state index contributed by atoms with van der Waals surface area (Å²) in [6, 6.07) is 6.67. The van der Waals surface area contributed by atoms with Crippen LogP contribution in [-0.4, -0.2) is 35.8 Å². The third kappa shape index (κ3) is 5.05. The van der Waals surface area contributed by atoms with E-state index in [0.29, 0.717) is 31.5 Å². The molecule has 2 amide bonds. The van der Waals surface area contributed by atoms with E-state index in [4.69, 9.17) is 10.5 Å². The number of rotatable bonds is 4. The van der Waals surface area contributed by atoms with Crippen molar-refractivity contribution in [3.63, 3.8) is 0 Å². The van der Waals surface area contributed by atoms with Gasteiger partial charge in [0.2, 0.25) is 11.8 Å². The summed E-state index contributed by atoms with van der Waals surface area (Å²) in [7, 11) is 0. The molecule has 0 aromatic heterocycles. The number of nitrogens with two attached hydrogens (primary N) is 1. The Labute approximate surface area is 148 Å². The highest BCUT2D eigenvalue weighted by Crippen LogP contribution is 2.24. The van der Waals surface area contributed by atoms with Crippen LogP contribution < -0.4 is 5.73 Å². The van der Waals surface area contributed by atoms with Crippen LogP contribution in [-0.2, 0) is 20.9 Å². The third-order valence-corrected chi connectivity index (χ3v) is 4.38. The number of hydrogen-bond acceptors (Lipinski definition) is 4. The van der Waals surface area contributed by atoms with Crippen molar-refractivity contribution in [3.05, 3.63) is 35.4 Å². The van der Waals surface area contributed by atoms with Crippen LogP contribution in [0.5, 0.6) is 0 Å². The zero-order valence-electron chi connectivity index (χ0n) is 15.1. The second kappa shape index (κ2) is 7.68. The fourth-order valence-electron chi connectivity index (χ4n) is 2.83. The van der Waals surface area contributed by atoms with Gasteiger partial charge in [0.1, 0.15) is 6.61 Å². The van der Waals surface area contributed by atoms with Crippen molar-refractivity contribution in [1.29, 1.82) is 0 Å². The monoisotopic (exact) mass is 346 g/mol. The Hall–Kier alpha value is -2.37. The van der Waals surface area contributed by atoms with Crippen LogP contribution in [0.1, 0.15) is 49.5 Å². The predicted molar refractivity (Wildman–Crippen MR) is 93.5 cm³/mol. The standard InChI is InChI=1S/C19H26N2O4/c1-19(2,3)18(24)21-10-8-15(9-11-21)17(23)25-12-13-4-6-14(7-5-13)16(20)22/h4-7,15H,8-12H2,1-3H3,(H2,20,22). The molecule has 0 aliphatic carbocycles. The van der Waals surface area contributed by atoms with Crippen LogP contribution in [0.2, 0.25) is 0 Å². The summed E-state index contributed by atoms with van der Waals surface area (Å²) in [5, 5.41) is 0. The summed E-state index contributed by atoms with van der Waals surface area (Å²) in [6.45, 7) is 7.04. The maximum Gasteiger partial charge on any atom is 0.309 e. The molecule has 0 unspecified atom stereocenters. The fourth-order valence-corrected chi connectivity index (χ4v) is 2.83. The van der Waals surface area contributed by atoms with Crippen LogP contribution in [0.25, 0.3) is 0 Å². The molecule has 6 nitrogen and oxygen atoms in total. The lowest BCUT2D eigenvalue weighted by Gasteiger charge is -2.34. The third-order valence-electron chi connectivity index (χ3n) is 4.38. The van der Waals surface area contributed by atoms with Crippen LogP contribution in [0.4, 0.5) is 0 Å². The van der Waals surface area contributed by atoms with E-state index < -0.39 is 11.3 Å². The number of ether oxygens (including phenoxy) is 1. The van der Waals surface area contributed by atoms with Gasteiger partial charge in [-0.3, -0.25) is 14.4 Å². The van der Waals surface area contributed by atoms with Gasteiger partial charge in [-0.05, 0) is 30.5 Å². The van der Waals surface area contributed by atoms with Crippen molar-refractivity contribution < 1.29 is 19.1 Å². The molecule has 1 saturated heterocycles. The van der Waals surface area contributed by atoms with Crippen molar-refractivity contribution in [2.45, 2.75) is 40.2 Å². The van der Waals surface area contributed by atoms with Gasteiger partial charge in [-0.1, -0.05) is 32.9 Å². The highest BCUT2D eigenvalue weighted by atomic mass is 16.5. The van der Waals surface area contributed by atoms with Gasteiger partial charge in [0.25, 0.3) is 0 Å². The Morgan fingerprint density at radius 3 is 2.16 bits per heavy atom. The van der Waals surface area contributed by atoms with Crippen molar-refractivity contribution in [1.82, 2.24) is 4.90 Å². The average molecular weight is 346 g/mol. The maximum atomic E-state index is 12.3. The zero-order valence-corrected chi connectivity index (χ0v) is 15.1. The van der Waals surface area contributed by atoms with E-state index >= 15 is 0 Å². The summed E-state index contributed by atoms with van der Waals surface area (Å²) < 4.78 is 5.37. The Morgan fingerprint density at radius 2 is 1.68 bits per heavy atom. The normalized spacial score (nSPS) is 15.7. The van der Waals surface area contributed by atoms with Gasteiger partial charge in [0.05, 0.1) is 5.92 Å². The van der Waals surface area contributed by atoms with Gasteiger partial charge in [0.15, 0.2) is 0 Å². The second-order valence-corrected chi connectivity index (χ2v) is 7.49. The molecule has 1 heterocycles. The van der Waals surface area contributed by atoms with Crippen LogP contribution in [0.3, 0.4) is 0 Å². The van der Waals surface area contributed by atoms with E-state index in [2.05, 4.69) is 0 Å². The van der Waals surface area contributed by atoms with E-state index in [9.17, 15) is 14.4 Å². The number of likely N-dealkylation sites (tertiary alicyclic amines) is 1. The number of carbonyl (C=O) groups is 3. The highest BCUT2D eigenvalue weighted by molar-refractivity contribution is 5.92. The van der Waals surface area contributed by atoms with Crippen LogP contribution >= 0.6 is 0 Å². The van der Waals surface area contributed by atoms with Gasteiger partial charge >= 0.3 is 5.97 Å². The first-order chi connectivity index (χ1) is 11.7. The molecule has 0 atom stereocenters. The van der Waals surface area contributed by atoms with E-state index in [1.165, 1.54) is 0 Å². The van der Waals surface area contributed by atoms with E-state index in [1.54, 1.807) is 24.3 Å². The van der Waals surface area contributed by atoms with Crippen LogP contribution in [0.15, 0.2) is 24.3 Å². The van der Waals surface area contributed by atoms with Gasteiger partial charge in [-0.15, -0.1) is 0 Å². The molecule has 0 radical (unpaired) electrons. The van der Waals surface area contributed by atoms with Gasteiger partial charge in [-0.25, -0.2) is 0 Å². The lowest BCUT2D eigenvalue weighted by atomic mass is 9.91. The van der Waals surface area contributed by atoms with E-state index in [0.717, 1.165) is 5.56 Å². The molecule has 2 rings (SSSR count). The van der Waals surface area contributed by atoms with Crippen molar-refractivity contribution >= 4 is 17.8 Å². The average Bonchev–Trinajstić information content (AvgIpc) is 2.58. The Balaban J connectivity index is 1.81. The number of nitrogens with zero attached hydrogens (tertiary/aromatic N) is 1. The Kier molecular flexibility index (Phi) is 5.82. The molecule has 1 aromatic rings. The summed E-state index contributed by atoms with van der Waals surface area (Å²) in [4.78, 5) is 37.3. The number of piperidine rings is 1. The van der Waals surface area contributed by atoms with Crippen molar-refractivity contribution in [2.75, 3.05) is 13.1 Å². The molecule has 1 fully saturated rings. The molecule has 2 N–H and O–H groups in total. The summed E-state index contributed by atoms with van der Waals surface area (Å²) in [5.74, 6) is -0.773. The minimum atomic E-state index is -0.486. The summed E-state index contributed by atoms with van der Waals surface area (Å²) in [5.41, 5.74) is 6.02. The molecule has 0 spiro atoms. The topological polar surface area (TPSA) is 89.7 Å². The number of benzene rings is 1. The summed E-state index contributed by atoms with van der Waals surface area (Å²) >= 11 is 0. The molecule has 0 saturated carbocycles. The predicted octanol–water partition coefficient (Wildman–Crippen LogP) is 2.11. The van der Waals surface area contributed by atoms with Gasteiger partial charge in [0, 0.05) is 24.1 Å². The molecule has 1 aliphatic rings. The van der Waals surface area contributed by atoms with Gasteiger partial charge < -0.3 is 15.4 Å². The number of esters is 1. The summed E-state index contributed by atoms with van der Waals surface area (Å²) in [6.07, 6.45) is 1.25. The Morgan fingerprint density at radius 1 is 1.12 bits per heavy atom. The van der Waals surface area contributed by atoms with Crippen LogP contribution in [0, 0.1) is 11.3 Å². The maximum absolute atomic E-state index is 12.3. The Bertz CT molecular complexity index is 638. The van der Waals surface area contributed by atoms with Crippen molar-refractivity contribution in [3.8, 4) is 0 Å². The second-order valence-electron chi connectivity index (χ2n) is 7.49. The SMILES string of the molecule is CC(C)(C)C(=O)N1CCC(C(=O)OCc2ccc(C(N)=O)cc2)CC1. The first kappa shape index (κ1) is 19.0. The number of primary amides is 1. The number of amides is 2. The highest BCUT2D eigenvalue weighted by Gasteiger charge is 2.32. The van der Waals surface area contributed by atoms with Gasteiger partial charge in [-0.2, -0.15) is 0 Å². The zero-order chi connectivity index (χ0) is 18.6. The lowest BCUT2D eigenvalue weighted by molar-refractivity contribution is -0.154. The molecule has 6 heteroatoms. The van der Waals surface area contributed by atoms with E-state index in [-0.39, 0.29) is 24.4 Å². The lowest BCUT2D eigenvalue weighted by Crippen LogP contribution is -2.45. The molecule has 1 aliphatic heterocycles. The fraction of sp³-hybridized carbons (Fsp3) is 0.526. The quantitative estimate of drug-likeness (QED) is 0.846. The first-order valence-electron chi connectivity index (χ1n) is 8.53. The minimum absolute atomic E-state index is 0.119. The molecule has 136 valence electrons. The largest absolute Gasteiger partial charge is 0.461 e. The smallest absolute Gasteiger partial charge is 0.309 e. The molecular formula is C19H26N2O4. The number of hydrogen-bond donors (Lipinski definition) is 1. The molecule has 0 bridgehead atoms. The molecule has 25 heavy (non-hydrogen) atoms. The molecular weight excluding hydrogens is 320 g/mol.